The van der Waals surface area contributed by atoms with E-state index in [2.05, 4.69) is 43.5 Å². The zero-order chi connectivity index (χ0) is 30.9. The molecule has 2 aromatic rings. The molecule has 0 atom stereocenters. The summed E-state index contributed by atoms with van der Waals surface area (Å²) in [5.41, 5.74) is 4.79. The van der Waals surface area contributed by atoms with E-state index in [0.29, 0.717) is 30.9 Å². The molecule has 3 rings (SSSR count). The molecule has 1 aliphatic heterocycles. The van der Waals surface area contributed by atoms with Crippen molar-refractivity contribution in [2.45, 2.75) is 89.5 Å². The number of nitrogens with one attached hydrogen (secondary N) is 2. The lowest BCUT2D eigenvalue weighted by molar-refractivity contribution is -0.134. The maximum Gasteiger partial charge on any atom is 0.300 e. The van der Waals surface area contributed by atoms with Crippen molar-refractivity contribution in [3.8, 4) is 0 Å². The number of fused-ring (bicyclic) bond motifs is 2. The lowest BCUT2D eigenvalue weighted by Gasteiger charge is -2.33. The lowest BCUT2D eigenvalue weighted by Crippen LogP contribution is -2.22. The smallest absolute Gasteiger partial charge is 0.300 e. The van der Waals surface area contributed by atoms with Gasteiger partial charge in [-0.25, -0.2) is 0 Å². The molecule has 1 heterocycles. The van der Waals surface area contributed by atoms with Gasteiger partial charge in [0.25, 0.3) is 5.97 Å². The summed E-state index contributed by atoms with van der Waals surface area (Å²) in [7, 11) is 0. The minimum atomic E-state index is -0.833. The second-order valence-corrected chi connectivity index (χ2v) is 10.8. The van der Waals surface area contributed by atoms with Crippen molar-refractivity contribution in [3.63, 3.8) is 0 Å². The molecule has 1 aliphatic rings. The van der Waals surface area contributed by atoms with Crippen LogP contribution in [0.4, 0.5) is 11.4 Å². The summed E-state index contributed by atoms with van der Waals surface area (Å²) in [5.74, 6) is -0.845. The fourth-order valence-corrected chi connectivity index (χ4v) is 5.12. The number of ether oxygens (including phenoxy) is 1. The average molecular weight is 584 g/mol. The SMILES string of the molecule is C=C(C)O.CC(=O)O.CCCCN1c2ccc(COCC(=N)CCC)cc2Sc2cc(C(=O)C(=N)CCC)ccc21. The molecule has 0 aliphatic carbocycles. The Balaban J connectivity index is 0.000000930. The Hall–Kier alpha value is -3.43. The van der Waals surface area contributed by atoms with Gasteiger partial charge in [-0.3, -0.25) is 9.59 Å². The molecule has 0 radical (unpaired) electrons. The van der Waals surface area contributed by atoms with Crippen molar-refractivity contribution in [3.05, 3.63) is 59.9 Å². The van der Waals surface area contributed by atoms with Gasteiger partial charge in [0.2, 0.25) is 5.78 Å². The highest BCUT2D eigenvalue weighted by Crippen LogP contribution is 2.49. The maximum atomic E-state index is 12.7. The Morgan fingerprint density at radius 3 is 2.05 bits per heavy atom. The van der Waals surface area contributed by atoms with Crippen molar-refractivity contribution in [1.29, 1.82) is 10.8 Å². The number of carbonyl (C=O) groups excluding carboxylic acids is 1. The number of rotatable bonds is 13. The molecule has 41 heavy (non-hydrogen) atoms. The number of carbonyl (C=O) groups is 2. The van der Waals surface area contributed by atoms with E-state index in [1.165, 1.54) is 12.6 Å². The van der Waals surface area contributed by atoms with E-state index in [1.807, 2.05) is 25.1 Å². The number of anilines is 2. The summed E-state index contributed by atoms with van der Waals surface area (Å²) in [5, 5.41) is 31.3. The first-order valence-electron chi connectivity index (χ1n) is 14.0. The van der Waals surface area contributed by atoms with Crippen molar-refractivity contribution in [2.24, 2.45) is 0 Å². The zero-order valence-corrected chi connectivity index (χ0v) is 25.8. The third-order valence-electron chi connectivity index (χ3n) is 5.65. The first kappa shape index (κ1) is 35.6. The summed E-state index contributed by atoms with van der Waals surface area (Å²) < 4.78 is 5.77. The third-order valence-corrected chi connectivity index (χ3v) is 6.75. The van der Waals surface area contributed by atoms with E-state index in [-0.39, 0.29) is 17.3 Å². The minimum Gasteiger partial charge on any atom is -0.513 e. The van der Waals surface area contributed by atoms with Crippen LogP contribution in [0.1, 0.15) is 89.1 Å². The molecule has 0 amide bonds. The summed E-state index contributed by atoms with van der Waals surface area (Å²) in [6.45, 7) is 13.7. The Kier molecular flexibility index (Phi) is 16.3. The molecular weight excluding hydrogens is 538 g/mol. The van der Waals surface area contributed by atoms with Crippen LogP contribution in [-0.4, -0.2) is 46.5 Å². The Labute approximate surface area is 248 Å². The Bertz CT molecular complexity index is 1190. The Morgan fingerprint density at radius 1 is 0.927 bits per heavy atom. The lowest BCUT2D eigenvalue weighted by atomic mass is 10.0. The number of aliphatic carboxylic acids is 1. The zero-order valence-electron chi connectivity index (χ0n) is 25.0. The van der Waals surface area contributed by atoms with Crippen LogP contribution in [-0.2, 0) is 16.1 Å². The van der Waals surface area contributed by atoms with Gasteiger partial charge >= 0.3 is 0 Å². The topological polar surface area (TPSA) is 135 Å². The van der Waals surface area contributed by atoms with Gasteiger partial charge in [0.1, 0.15) is 0 Å². The first-order chi connectivity index (χ1) is 19.4. The number of nitrogens with zero attached hydrogens (tertiary/aromatic N) is 1. The molecular formula is C32H45N3O5S. The molecule has 0 spiro atoms. The van der Waals surface area contributed by atoms with Crippen LogP contribution in [0.3, 0.4) is 0 Å². The van der Waals surface area contributed by atoms with Crippen LogP contribution in [0, 0.1) is 10.8 Å². The van der Waals surface area contributed by atoms with Gasteiger partial charge in [-0.2, -0.15) is 0 Å². The van der Waals surface area contributed by atoms with Crippen molar-refractivity contribution >= 4 is 46.3 Å². The molecule has 0 unspecified atom stereocenters. The van der Waals surface area contributed by atoms with Gasteiger partial charge in [-0.05, 0) is 62.1 Å². The summed E-state index contributed by atoms with van der Waals surface area (Å²) in [6.07, 6.45) is 5.23. The number of Topliss-reactive ketones (excluding diaryl/α,β-unsaturated/α-hetero) is 1. The van der Waals surface area contributed by atoms with Gasteiger partial charge in [0.05, 0.1) is 36.1 Å². The molecule has 224 valence electrons. The summed E-state index contributed by atoms with van der Waals surface area (Å²) in [6, 6.07) is 12.3. The second kappa shape index (κ2) is 18.8. The standard InChI is InChI=1S/C27H35N3O2S.C3H6O.C2H4O2/c1-4-7-14-30-23-12-10-19(17-32-18-21(28)8-5-2)15-25(23)33-26-16-20(11-13-24(26)30)27(31)22(29)9-6-3;1-3(2)4;1-2(3)4/h10-13,15-16,28-29H,4-9,14,17-18H2,1-3H3;4H,1H2,2H3;1H3,(H,3,4). The van der Waals surface area contributed by atoms with E-state index < -0.39 is 5.97 Å². The number of benzene rings is 2. The molecule has 9 heteroatoms. The fraction of sp³-hybridized carbons (Fsp3) is 0.438. The van der Waals surface area contributed by atoms with Crippen molar-refractivity contribution in [2.75, 3.05) is 18.1 Å². The quantitative estimate of drug-likeness (QED) is 0.105. The van der Waals surface area contributed by atoms with Gasteiger partial charge in [0, 0.05) is 34.5 Å². The number of aliphatic hydroxyl groups excluding tert-OH is 1. The van der Waals surface area contributed by atoms with E-state index in [0.717, 1.165) is 66.6 Å². The maximum absolute atomic E-state index is 12.7. The summed E-state index contributed by atoms with van der Waals surface area (Å²) >= 11 is 1.68. The van der Waals surface area contributed by atoms with Crippen LogP contribution in [0.15, 0.2) is 58.5 Å². The number of allylic oxidation sites excluding steroid dienone is 1. The first-order valence-corrected chi connectivity index (χ1v) is 14.8. The van der Waals surface area contributed by atoms with Gasteiger partial charge in [-0.15, -0.1) is 0 Å². The van der Waals surface area contributed by atoms with E-state index in [1.54, 1.807) is 11.8 Å². The van der Waals surface area contributed by atoms with Crippen LogP contribution in [0.2, 0.25) is 0 Å². The average Bonchev–Trinajstić information content (AvgIpc) is 2.90. The normalized spacial score (nSPS) is 11.1. The fourth-order valence-electron chi connectivity index (χ4n) is 3.92. The highest BCUT2D eigenvalue weighted by molar-refractivity contribution is 7.99. The third kappa shape index (κ3) is 12.7. The molecule has 2 aromatic carbocycles. The highest BCUT2D eigenvalue weighted by Gasteiger charge is 2.25. The number of carboxylic acids is 1. The van der Waals surface area contributed by atoms with Crippen LogP contribution in [0.5, 0.6) is 0 Å². The number of carboxylic acid groups (broad SMARTS) is 1. The van der Waals surface area contributed by atoms with Crippen LogP contribution in [0.25, 0.3) is 0 Å². The molecule has 0 saturated heterocycles. The van der Waals surface area contributed by atoms with Crippen LogP contribution < -0.4 is 4.90 Å². The summed E-state index contributed by atoms with van der Waals surface area (Å²) in [4.78, 5) is 26.3. The minimum absolute atomic E-state index is 0.167. The number of unbranched alkanes of at least 4 members (excludes halogenated alkanes) is 1. The molecule has 8 nitrogen and oxygen atoms in total. The van der Waals surface area contributed by atoms with E-state index in [4.69, 9.17) is 30.6 Å². The molecule has 0 saturated carbocycles. The second-order valence-electron chi connectivity index (χ2n) is 9.75. The highest BCUT2D eigenvalue weighted by atomic mass is 32.2. The molecule has 4 N–H and O–H groups in total. The predicted octanol–water partition coefficient (Wildman–Crippen LogP) is 8.60. The predicted molar refractivity (Wildman–Crippen MR) is 169 cm³/mol. The number of aliphatic hydroxyl groups is 1. The number of ketones is 1. The van der Waals surface area contributed by atoms with Gasteiger partial charge < -0.3 is 30.7 Å². The van der Waals surface area contributed by atoms with Crippen molar-refractivity contribution < 1.29 is 24.5 Å². The van der Waals surface area contributed by atoms with Crippen LogP contribution >= 0.6 is 11.8 Å². The number of hydrogen-bond donors (Lipinski definition) is 4. The van der Waals surface area contributed by atoms with Gasteiger partial charge in [0.15, 0.2) is 0 Å². The molecule has 0 bridgehead atoms. The van der Waals surface area contributed by atoms with E-state index in [9.17, 15) is 4.79 Å². The van der Waals surface area contributed by atoms with E-state index >= 15 is 0 Å². The molecule has 0 fully saturated rings. The molecule has 0 aromatic heterocycles. The largest absolute Gasteiger partial charge is 0.513 e. The van der Waals surface area contributed by atoms with Crippen molar-refractivity contribution in [1.82, 2.24) is 0 Å². The Morgan fingerprint density at radius 2 is 1.49 bits per heavy atom. The van der Waals surface area contributed by atoms with Gasteiger partial charge in [-0.1, -0.05) is 64.4 Å². The number of hydrogen-bond acceptors (Lipinski definition) is 8. The monoisotopic (exact) mass is 583 g/mol.